The first-order chi connectivity index (χ1) is 10.0. The Hall–Kier alpha value is -1.36. The molecule has 0 aromatic carbocycles. The lowest BCUT2D eigenvalue weighted by Crippen LogP contribution is -2.55. The zero-order valence-electron chi connectivity index (χ0n) is 12.7. The van der Waals surface area contributed by atoms with Crippen molar-refractivity contribution in [3.8, 4) is 0 Å². The number of aliphatic carboxylic acids is 1. The van der Waals surface area contributed by atoms with Crippen molar-refractivity contribution in [2.45, 2.75) is 26.3 Å². The van der Waals surface area contributed by atoms with Crippen molar-refractivity contribution < 1.29 is 14.7 Å². The molecule has 1 saturated carbocycles. The van der Waals surface area contributed by atoms with E-state index in [1.165, 1.54) is 0 Å². The lowest BCUT2D eigenvalue weighted by Gasteiger charge is -2.41. The molecule has 1 heterocycles. The van der Waals surface area contributed by atoms with Gasteiger partial charge in [-0.25, -0.2) is 0 Å². The van der Waals surface area contributed by atoms with Crippen molar-refractivity contribution in [1.29, 1.82) is 0 Å². The van der Waals surface area contributed by atoms with Gasteiger partial charge in [-0.15, -0.1) is 0 Å². The molecule has 0 aromatic rings. The number of amides is 1. The molecule has 5 atom stereocenters. The summed E-state index contributed by atoms with van der Waals surface area (Å²) in [6, 6.07) is 0.352. The summed E-state index contributed by atoms with van der Waals surface area (Å²) < 4.78 is 0. The highest BCUT2D eigenvalue weighted by Crippen LogP contribution is 2.48. The van der Waals surface area contributed by atoms with Crippen LogP contribution in [0.2, 0.25) is 0 Å². The van der Waals surface area contributed by atoms with Gasteiger partial charge in [0.05, 0.1) is 11.8 Å². The number of likely N-dealkylation sites (N-methyl/N-ethyl adjacent to an activating group) is 1. The first-order valence-electron chi connectivity index (χ1n) is 7.97. The SMILES string of the molecule is CCN1CCN(C(=O)[C@H]2C3C=CC(C3)[C@H]2C(=O)O)CC1C. The van der Waals surface area contributed by atoms with Crippen LogP contribution in [-0.4, -0.2) is 59.0 Å². The van der Waals surface area contributed by atoms with Crippen LogP contribution >= 0.6 is 0 Å². The van der Waals surface area contributed by atoms with Crippen molar-refractivity contribution in [3.05, 3.63) is 12.2 Å². The normalized spacial score (nSPS) is 39.0. The molecule has 0 spiro atoms. The highest BCUT2D eigenvalue weighted by atomic mass is 16.4. The summed E-state index contributed by atoms with van der Waals surface area (Å²) in [6.07, 6.45) is 4.88. The van der Waals surface area contributed by atoms with Gasteiger partial charge < -0.3 is 10.0 Å². The monoisotopic (exact) mass is 292 g/mol. The van der Waals surface area contributed by atoms with Crippen molar-refractivity contribution in [2.24, 2.45) is 23.7 Å². The number of nitrogens with zero attached hydrogens (tertiary/aromatic N) is 2. The molecule has 3 rings (SSSR count). The van der Waals surface area contributed by atoms with Crippen LogP contribution in [0, 0.1) is 23.7 Å². The summed E-state index contributed by atoms with van der Waals surface area (Å²) in [7, 11) is 0. The van der Waals surface area contributed by atoms with Gasteiger partial charge in [0.2, 0.25) is 5.91 Å². The molecule has 2 fully saturated rings. The number of carboxylic acids is 1. The molecule has 1 amide bonds. The highest BCUT2D eigenvalue weighted by molar-refractivity contribution is 5.87. The summed E-state index contributed by atoms with van der Waals surface area (Å²) in [4.78, 5) is 28.6. The topological polar surface area (TPSA) is 60.9 Å². The van der Waals surface area contributed by atoms with Crippen molar-refractivity contribution in [3.63, 3.8) is 0 Å². The van der Waals surface area contributed by atoms with E-state index in [0.29, 0.717) is 6.04 Å². The summed E-state index contributed by atoms with van der Waals surface area (Å²) in [5.74, 6) is -1.45. The van der Waals surface area contributed by atoms with E-state index in [0.717, 1.165) is 32.6 Å². The quantitative estimate of drug-likeness (QED) is 0.790. The largest absolute Gasteiger partial charge is 0.481 e. The van der Waals surface area contributed by atoms with Crippen LogP contribution in [0.15, 0.2) is 12.2 Å². The average molecular weight is 292 g/mol. The number of piperazine rings is 1. The van der Waals surface area contributed by atoms with Crippen LogP contribution in [0.4, 0.5) is 0 Å². The molecule has 5 nitrogen and oxygen atoms in total. The number of carbonyl (C=O) groups excluding carboxylic acids is 1. The molecule has 2 aliphatic carbocycles. The Kier molecular flexibility index (Phi) is 3.78. The van der Waals surface area contributed by atoms with Crippen molar-refractivity contribution >= 4 is 11.9 Å². The van der Waals surface area contributed by atoms with Gasteiger partial charge in [0, 0.05) is 25.7 Å². The van der Waals surface area contributed by atoms with Gasteiger partial charge >= 0.3 is 5.97 Å². The zero-order valence-corrected chi connectivity index (χ0v) is 12.7. The third kappa shape index (κ3) is 2.37. The number of rotatable bonds is 3. The molecular formula is C16H24N2O3. The van der Waals surface area contributed by atoms with Crippen LogP contribution < -0.4 is 0 Å². The van der Waals surface area contributed by atoms with E-state index in [-0.39, 0.29) is 23.7 Å². The van der Waals surface area contributed by atoms with Gasteiger partial charge in [-0.05, 0) is 31.7 Å². The van der Waals surface area contributed by atoms with Crippen LogP contribution in [0.1, 0.15) is 20.3 Å². The van der Waals surface area contributed by atoms with Crippen LogP contribution in [0.3, 0.4) is 0 Å². The van der Waals surface area contributed by atoms with E-state index < -0.39 is 11.9 Å². The molecule has 116 valence electrons. The Labute approximate surface area is 125 Å². The van der Waals surface area contributed by atoms with Crippen LogP contribution in [0.5, 0.6) is 0 Å². The average Bonchev–Trinajstić information content (AvgIpc) is 3.06. The van der Waals surface area contributed by atoms with E-state index in [1.807, 2.05) is 11.0 Å². The standard InChI is InChI=1S/C16H24N2O3/c1-3-17-6-7-18(9-10(17)2)15(19)13-11-4-5-12(8-11)14(13)16(20)21/h4-5,10-14H,3,6-9H2,1-2H3,(H,20,21)/t10?,11?,12?,13-,14+/m0/s1. The summed E-state index contributed by atoms with van der Waals surface area (Å²) in [5, 5.41) is 9.47. The molecule has 0 aromatic heterocycles. The summed E-state index contributed by atoms with van der Waals surface area (Å²) in [5.41, 5.74) is 0. The Balaban J connectivity index is 1.73. The fraction of sp³-hybridized carbons (Fsp3) is 0.750. The number of carboxylic acid groups (broad SMARTS) is 1. The Morgan fingerprint density at radius 2 is 1.86 bits per heavy atom. The number of hydrogen-bond acceptors (Lipinski definition) is 3. The lowest BCUT2D eigenvalue weighted by molar-refractivity contribution is -0.152. The van der Waals surface area contributed by atoms with Gasteiger partial charge in [0.25, 0.3) is 0 Å². The predicted molar refractivity (Wildman–Crippen MR) is 78.6 cm³/mol. The minimum absolute atomic E-state index is 0.0517. The van der Waals surface area contributed by atoms with E-state index >= 15 is 0 Å². The zero-order chi connectivity index (χ0) is 15.1. The summed E-state index contributed by atoms with van der Waals surface area (Å²) in [6.45, 7) is 7.60. The van der Waals surface area contributed by atoms with Crippen molar-refractivity contribution in [1.82, 2.24) is 9.80 Å². The highest BCUT2D eigenvalue weighted by Gasteiger charge is 2.52. The molecule has 3 aliphatic rings. The number of allylic oxidation sites excluding steroid dienone is 2. The number of fused-ring (bicyclic) bond motifs is 2. The van der Waals surface area contributed by atoms with E-state index in [9.17, 15) is 14.7 Å². The fourth-order valence-corrected chi connectivity index (χ4v) is 4.37. The molecule has 5 heteroatoms. The maximum Gasteiger partial charge on any atom is 0.307 e. The van der Waals surface area contributed by atoms with Crippen LogP contribution in [-0.2, 0) is 9.59 Å². The van der Waals surface area contributed by atoms with E-state index in [4.69, 9.17) is 0 Å². The Morgan fingerprint density at radius 3 is 2.43 bits per heavy atom. The Bertz CT molecular complexity index is 476. The predicted octanol–water partition coefficient (Wildman–Crippen LogP) is 1.06. The second-order valence-corrected chi connectivity index (χ2v) is 6.60. The van der Waals surface area contributed by atoms with Gasteiger partial charge in [0.1, 0.15) is 0 Å². The molecule has 1 N–H and O–H groups in total. The molecule has 2 bridgehead atoms. The van der Waals surface area contributed by atoms with Gasteiger partial charge in [-0.2, -0.15) is 0 Å². The molecule has 1 aliphatic heterocycles. The van der Waals surface area contributed by atoms with Crippen molar-refractivity contribution in [2.75, 3.05) is 26.2 Å². The minimum atomic E-state index is -0.814. The maximum atomic E-state index is 12.9. The van der Waals surface area contributed by atoms with Gasteiger partial charge in [0.15, 0.2) is 0 Å². The summed E-state index contributed by atoms with van der Waals surface area (Å²) >= 11 is 0. The van der Waals surface area contributed by atoms with Gasteiger partial charge in [-0.3, -0.25) is 14.5 Å². The maximum absolute atomic E-state index is 12.9. The second-order valence-electron chi connectivity index (χ2n) is 6.60. The first kappa shape index (κ1) is 14.6. The molecule has 21 heavy (non-hydrogen) atoms. The molecular weight excluding hydrogens is 268 g/mol. The smallest absolute Gasteiger partial charge is 0.307 e. The number of hydrogen-bond donors (Lipinski definition) is 1. The van der Waals surface area contributed by atoms with Gasteiger partial charge in [-0.1, -0.05) is 19.1 Å². The Morgan fingerprint density at radius 1 is 1.19 bits per heavy atom. The van der Waals surface area contributed by atoms with E-state index in [1.54, 1.807) is 0 Å². The van der Waals surface area contributed by atoms with E-state index in [2.05, 4.69) is 24.8 Å². The molecule has 0 radical (unpaired) electrons. The number of carbonyl (C=O) groups is 2. The molecule has 1 saturated heterocycles. The fourth-order valence-electron chi connectivity index (χ4n) is 4.37. The third-order valence-corrected chi connectivity index (χ3v) is 5.51. The second kappa shape index (κ2) is 5.44. The van der Waals surface area contributed by atoms with Crippen LogP contribution in [0.25, 0.3) is 0 Å². The lowest BCUT2D eigenvalue weighted by atomic mass is 9.82. The third-order valence-electron chi connectivity index (χ3n) is 5.51. The first-order valence-corrected chi connectivity index (χ1v) is 7.97. The minimum Gasteiger partial charge on any atom is -0.481 e. The molecule has 3 unspecified atom stereocenters.